The molecule has 17 heavy (non-hydrogen) atoms. The number of rotatable bonds is 5. The highest BCUT2D eigenvalue weighted by Crippen LogP contribution is 2.31. The fourth-order valence-electron chi connectivity index (χ4n) is 1.37. The van der Waals surface area contributed by atoms with E-state index in [-0.39, 0.29) is 30.5 Å². The van der Waals surface area contributed by atoms with Crippen molar-refractivity contribution in [1.82, 2.24) is 0 Å². The zero-order valence-corrected chi connectivity index (χ0v) is 10.8. The fourth-order valence-corrected chi connectivity index (χ4v) is 1.37. The van der Waals surface area contributed by atoms with Gasteiger partial charge >= 0.3 is 12.1 Å². The first kappa shape index (κ1) is 13.8. The van der Waals surface area contributed by atoms with Gasteiger partial charge in [0.05, 0.1) is 5.92 Å². The van der Waals surface area contributed by atoms with Gasteiger partial charge < -0.3 is 14.2 Å². The standard InChI is InChI=1S/C12H20O5/c1-5-12(3,4)8(2)10(13)15-6-9-7-16-11(14)17-9/h8-9H,5-7H2,1-4H3. The lowest BCUT2D eigenvalue weighted by Crippen LogP contribution is -2.32. The summed E-state index contributed by atoms with van der Waals surface area (Å²) in [4.78, 5) is 22.4. The first-order chi connectivity index (χ1) is 7.86. The Morgan fingerprint density at radius 3 is 2.71 bits per heavy atom. The van der Waals surface area contributed by atoms with E-state index in [0.717, 1.165) is 6.42 Å². The molecule has 0 radical (unpaired) electrons. The molecular weight excluding hydrogens is 224 g/mol. The van der Waals surface area contributed by atoms with E-state index in [4.69, 9.17) is 9.47 Å². The van der Waals surface area contributed by atoms with Crippen LogP contribution in [0.3, 0.4) is 0 Å². The lowest BCUT2D eigenvalue weighted by atomic mass is 9.78. The molecule has 98 valence electrons. The Morgan fingerprint density at radius 1 is 1.59 bits per heavy atom. The molecule has 0 spiro atoms. The summed E-state index contributed by atoms with van der Waals surface area (Å²) in [5.74, 6) is -0.453. The Bertz CT molecular complexity index is 297. The molecule has 1 rings (SSSR count). The average molecular weight is 244 g/mol. The zero-order valence-electron chi connectivity index (χ0n) is 10.8. The van der Waals surface area contributed by atoms with Gasteiger partial charge in [0.25, 0.3) is 0 Å². The minimum Gasteiger partial charge on any atom is -0.461 e. The highest BCUT2D eigenvalue weighted by molar-refractivity contribution is 5.73. The Hall–Kier alpha value is -1.26. The van der Waals surface area contributed by atoms with Crippen molar-refractivity contribution in [3.05, 3.63) is 0 Å². The summed E-state index contributed by atoms with van der Waals surface area (Å²) < 4.78 is 14.5. The fraction of sp³-hybridized carbons (Fsp3) is 0.833. The van der Waals surface area contributed by atoms with E-state index >= 15 is 0 Å². The predicted octanol–water partition coefficient (Wildman–Crippen LogP) is 2.14. The van der Waals surface area contributed by atoms with E-state index in [0.29, 0.717) is 0 Å². The van der Waals surface area contributed by atoms with Crippen LogP contribution in [0.4, 0.5) is 4.79 Å². The van der Waals surface area contributed by atoms with Crippen molar-refractivity contribution in [2.45, 2.75) is 40.2 Å². The average Bonchev–Trinajstić information content (AvgIpc) is 2.71. The van der Waals surface area contributed by atoms with E-state index in [1.165, 1.54) is 0 Å². The molecule has 2 atom stereocenters. The number of ether oxygens (including phenoxy) is 3. The topological polar surface area (TPSA) is 61.8 Å². The third-order valence-electron chi connectivity index (χ3n) is 3.50. The first-order valence-electron chi connectivity index (χ1n) is 5.87. The smallest absolute Gasteiger partial charge is 0.461 e. The van der Waals surface area contributed by atoms with Gasteiger partial charge in [0, 0.05) is 0 Å². The van der Waals surface area contributed by atoms with Crippen molar-refractivity contribution in [2.24, 2.45) is 11.3 Å². The number of cyclic esters (lactones) is 2. The monoisotopic (exact) mass is 244 g/mol. The summed E-state index contributed by atoms with van der Waals surface area (Å²) in [6, 6.07) is 0. The number of hydrogen-bond donors (Lipinski definition) is 0. The Kier molecular flexibility index (Phi) is 4.37. The van der Waals surface area contributed by atoms with E-state index in [1.807, 2.05) is 27.7 Å². The molecule has 0 aromatic rings. The number of hydrogen-bond acceptors (Lipinski definition) is 5. The van der Waals surface area contributed by atoms with Gasteiger partial charge in [0.15, 0.2) is 6.10 Å². The highest BCUT2D eigenvalue weighted by atomic mass is 16.8. The van der Waals surface area contributed by atoms with Crippen LogP contribution in [-0.4, -0.2) is 31.4 Å². The van der Waals surface area contributed by atoms with Gasteiger partial charge in [-0.1, -0.05) is 34.1 Å². The van der Waals surface area contributed by atoms with Gasteiger partial charge in [0.2, 0.25) is 0 Å². The normalized spacial score (nSPS) is 21.6. The predicted molar refractivity (Wildman–Crippen MR) is 60.4 cm³/mol. The molecule has 0 saturated carbocycles. The van der Waals surface area contributed by atoms with Crippen LogP contribution in [-0.2, 0) is 19.0 Å². The molecule has 5 nitrogen and oxygen atoms in total. The Labute approximate surface area is 101 Å². The van der Waals surface area contributed by atoms with E-state index in [2.05, 4.69) is 4.74 Å². The molecule has 1 saturated heterocycles. The van der Waals surface area contributed by atoms with Crippen LogP contribution in [0.5, 0.6) is 0 Å². The molecule has 0 amide bonds. The molecule has 1 aliphatic heterocycles. The molecule has 0 aliphatic carbocycles. The molecule has 1 fully saturated rings. The summed E-state index contributed by atoms with van der Waals surface area (Å²) >= 11 is 0. The van der Waals surface area contributed by atoms with Crippen LogP contribution in [0.25, 0.3) is 0 Å². The Balaban J connectivity index is 2.37. The molecule has 5 heteroatoms. The van der Waals surface area contributed by atoms with E-state index in [9.17, 15) is 9.59 Å². The minimum absolute atomic E-state index is 0.0642. The van der Waals surface area contributed by atoms with Crippen LogP contribution < -0.4 is 0 Å². The molecular formula is C12H20O5. The molecule has 0 aromatic heterocycles. The second-order valence-corrected chi connectivity index (χ2v) is 4.99. The molecule has 2 unspecified atom stereocenters. The SMILES string of the molecule is CCC(C)(C)C(C)C(=O)OCC1COC(=O)O1. The third-order valence-corrected chi connectivity index (χ3v) is 3.50. The minimum atomic E-state index is -0.701. The van der Waals surface area contributed by atoms with Gasteiger partial charge in [-0.2, -0.15) is 0 Å². The largest absolute Gasteiger partial charge is 0.508 e. The lowest BCUT2D eigenvalue weighted by molar-refractivity contribution is -0.154. The number of esters is 1. The van der Waals surface area contributed by atoms with Crippen molar-refractivity contribution in [2.75, 3.05) is 13.2 Å². The molecule has 0 bridgehead atoms. The van der Waals surface area contributed by atoms with Gasteiger partial charge in [-0.3, -0.25) is 4.79 Å². The molecule has 0 aromatic carbocycles. The van der Waals surface area contributed by atoms with Crippen LogP contribution in [0, 0.1) is 11.3 Å². The maximum atomic E-state index is 11.8. The van der Waals surface area contributed by atoms with Crippen LogP contribution in [0.2, 0.25) is 0 Å². The first-order valence-corrected chi connectivity index (χ1v) is 5.87. The van der Waals surface area contributed by atoms with Crippen molar-refractivity contribution in [3.8, 4) is 0 Å². The van der Waals surface area contributed by atoms with Gasteiger partial charge in [-0.25, -0.2) is 4.79 Å². The molecule has 0 N–H and O–H groups in total. The second-order valence-electron chi connectivity index (χ2n) is 4.99. The maximum absolute atomic E-state index is 11.8. The zero-order chi connectivity index (χ0) is 13.1. The van der Waals surface area contributed by atoms with Crippen LogP contribution >= 0.6 is 0 Å². The van der Waals surface area contributed by atoms with Crippen molar-refractivity contribution >= 4 is 12.1 Å². The van der Waals surface area contributed by atoms with Crippen LogP contribution in [0.1, 0.15) is 34.1 Å². The summed E-state index contributed by atoms with van der Waals surface area (Å²) in [7, 11) is 0. The summed E-state index contributed by atoms with van der Waals surface area (Å²) in [5.41, 5.74) is -0.0973. The van der Waals surface area contributed by atoms with Crippen molar-refractivity contribution < 1.29 is 23.8 Å². The quantitative estimate of drug-likeness (QED) is 0.693. The number of carbonyl (C=O) groups excluding carboxylic acids is 2. The lowest BCUT2D eigenvalue weighted by Gasteiger charge is -2.28. The second kappa shape index (κ2) is 5.38. The third kappa shape index (κ3) is 3.61. The molecule has 1 heterocycles. The number of carbonyl (C=O) groups is 2. The van der Waals surface area contributed by atoms with Gasteiger partial charge in [-0.05, 0) is 5.41 Å². The highest BCUT2D eigenvalue weighted by Gasteiger charge is 2.32. The molecule has 1 aliphatic rings. The summed E-state index contributed by atoms with van der Waals surface area (Å²) in [5, 5.41) is 0. The van der Waals surface area contributed by atoms with Gasteiger partial charge in [-0.15, -0.1) is 0 Å². The Morgan fingerprint density at radius 2 is 2.24 bits per heavy atom. The van der Waals surface area contributed by atoms with Crippen molar-refractivity contribution in [1.29, 1.82) is 0 Å². The summed E-state index contributed by atoms with van der Waals surface area (Å²) in [6.45, 7) is 8.15. The van der Waals surface area contributed by atoms with E-state index in [1.54, 1.807) is 0 Å². The van der Waals surface area contributed by atoms with E-state index < -0.39 is 12.3 Å². The van der Waals surface area contributed by atoms with Crippen molar-refractivity contribution in [3.63, 3.8) is 0 Å². The van der Waals surface area contributed by atoms with Crippen LogP contribution in [0.15, 0.2) is 0 Å². The maximum Gasteiger partial charge on any atom is 0.508 e. The van der Waals surface area contributed by atoms with Gasteiger partial charge in [0.1, 0.15) is 13.2 Å². The summed E-state index contributed by atoms with van der Waals surface area (Å²) in [6.07, 6.45) is -0.276.